The van der Waals surface area contributed by atoms with Gasteiger partial charge in [-0.3, -0.25) is 4.98 Å². The highest BCUT2D eigenvalue weighted by Gasteiger charge is 2.24. The molecule has 2 N–H and O–H groups in total. The van der Waals surface area contributed by atoms with Crippen molar-refractivity contribution in [3.8, 4) is 11.5 Å². The van der Waals surface area contributed by atoms with Crippen LogP contribution < -0.4 is 15.0 Å². The quantitative estimate of drug-likeness (QED) is 0.457. The highest BCUT2D eigenvalue weighted by Crippen LogP contribution is 2.43. The summed E-state index contributed by atoms with van der Waals surface area (Å²) >= 11 is 0. The molecule has 1 fully saturated rings. The Morgan fingerprint density at radius 3 is 2.69 bits per heavy atom. The molecule has 6 heteroatoms. The predicted molar refractivity (Wildman–Crippen MR) is 128 cm³/mol. The molecular formula is C26H28N4O2. The van der Waals surface area contributed by atoms with Crippen LogP contribution in [0.2, 0.25) is 0 Å². The molecule has 3 aromatic rings. The Kier molecular flexibility index (Phi) is 5.33. The van der Waals surface area contributed by atoms with E-state index in [1.807, 2.05) is 36.4 Å². The molecule has 3 heterocycles. The summed E-state index contributed by atoms with van der Waals surface area (Å²) in [7, 11) is 4.28. The molecule has 0 aliphatic carbocycles. The third kappa shape index (κ3) is 3.83. The third-order valence-electron chi connectivity index (χ3n) is 6.40. The first-order chi connectivity index (χ1) is 15.5. The van der Waals surface area contributed by atoms with Gasteiger partial charge in [0.2, 0.25) is 0 Å². The number of aliphatic hydroxyl groups is 1. The van der Waals surface area contributed by atoms with Gasteiger partial charge >= 0.3 is 0 Å². The van der Waals surface area contributed by atoms with E-state index in [1.54, 1.807) is 12.4 Å². The smallest absolute Gasteiger partial charge is 0.153 e. The average Bonchev–Trinajstić information content (AvgIpc) is 3.30. The largest absolute Gasteiger partial charge is 0.454 e. The van der Waals surface area contributed by atoms with Crippen molar-refractivity contribution in [3.05, 3.63) is 84.2 Å². The number of benzene rings is 2. The molecule has 2 aliphatic heterocycles. The Morgan fingerprint density at radius 1 is 1.12 bits per heavy atom. The molecule has 2 atom stereocenters. The van der Waals surface area contributed by atoms with Crippen molar-refractivity contribution in [1.82, 2.24) is 9.88 Å². The highest BCUT2D eigenvalue weighted by atomic mass is 16.5. The van der Waals surface area contributed by atoms with Crippen LogP contribution in [-0.4, -0.2) is 48.2 Å². The van der Waals surface area contributed by atoms with Crippen LogP contribution in [-0.2, 0) is 0 Å². The SMILES string of the molecule is C=C1c2ccncc2Oc2ccc(C(O)Nc3ccc(N4CCC(N(C)C)C4)cc3)cc21. The van der Waals surface area contributed by atoms with Gasteiger partial charge in [0, 0.05) is 53.4 Å². The topological polar surface area (TPSA) is 60.9 Å². The minimum Gasteiger partial charge on any atom is -0.454 e. The van der Waals surface area contributed by atoms with Gasteiger partial charge in [-0.25, -0.2) is 0 Å². The molecular weight excluding hydrogens is 400 g/mol. The monoisotopic (exact) mass is 428 g/mol. The van der Waals surface area contributed by atoms with E-state index in [4.69, 9.17) is 4.74 Å². The van der Waals surface area contributed by atoms with Gasteiger partial charge in [0.1, 0.15) is 5.75 Å². The van der Waals surface area contributed by atoms with Crippen molar-refractivity contribution >= 4 is 16.9 Å². The van der Waals surface area contributed by atoms with Crippen molar-refractivity contribution < 1.29 is 9.84 Å². The molecule has 0 bridgehead atoms. The van der Waals surface area contributed by atoms with Gasteiger partial charge in [0.05, 0.1) is 6.20 Å². The summed E-state index contributed by atoms with van der Waals surface area (Å²) in [5, 5.41) is 14.0. The second kappa shape index (κ2) is 8.30. The van der Waals surface area contributed by atoms with E-state index >= 15 is 0 Å². The standard InChI is InChI=1S/C26H28N4O2/c1-17-22-10-12-27-15-25(22)32-24-9-4-18(14-23(17)24)26(31)28-19-5-7-20(8-6-19)30-13-11-21(16-30)29(2)3/h4-10,12,14-15,21,26,28,31H,1,11,13,16H2,2-3H3. The molecule has 1 saturated heterocycles. The molecule has 0 spiro atoms. The molecule has 1 aromatic heterocycles. The van der Waals surface area contributed by atoms with Crippen LogP contribution in [0.5, 0.6) is 11.5 Å². The van der Waals surface area contributed by atoms with Crippen LogP contribution >= 0.6 is 0 Å². The summed E-state index contributed by atoms with van der Waals surface area (Å²) in [5.74, 6) is 1.42. The number of hydrogen-bond donors (Lipinski definition) is 2. The van der Waals surface area contributed by atoms with Crippen LogP contribution in [0.25, 0.3) is 5.57 Å². The maximum absolute atomic E-state index is 10.8. The zero-order valence-electron chi connectivity index (χ0n) is 18.5. The Morgan fingerprint density at radius 2 is 1.94 bits per heavy atom. The molecule has 0 amide bonds. The lowest BCUT2D eigenvalue weighted by atomic mass is 9.94. The Labute approximate surface area is 188 Å². The molecule has 2 unspecified atom stereocenters. The highest BCUT2D eigenvalue weighted by molar-refractivity contribution is 5.86. The number of hydrogen-bond acceptors (Lipinski definition) is 6. The lowest BCUT2D eigenvalue weighted by Crippen LogP contribution is -2.31. The number of likely N-dealkylation sites (N-methyl/N-ethyl adjacent to an activating group) is 1. The Balaban J connectivity index is 1.28. The van der Waals surface area contributed by atoms with Gasteiger partial charge in [-0.15, -0.1) is 0 Å². The molecule has 2 aliphatic rings. The van der Waals surface area contributed by atoms with Gasteiger partial charge in [0.15, 0.2) is 12.0 Å². The fourth-order valence-electron chi connectivity index (χ4n) is 4.42. The maximum atomic E-state index is 10.8. The zero-order valence-corrected chi connectivity index (χ0v) is 18.5. The minimum absolute atomic E-state index is 0.598. The number of aromatic nitrogens is 1. The van der Waals surface area contributed by atoms with E-state index in [9.17, 15) is 5.11 Å². The second-order valence-electron chi connectivity index (χ2n) is 8.65. The summed E-state index contributed by atoms with van der Waals surface area (Å²) in [5.41, 5.74) is 5.49. The lowest BCUT2D eigenvalue weighted by Gasteiger charge is -2.24. The Hall–Kier alpha value is -3.35. The lowest BCUT2D eigenvalue weighted by molar-refractivity contribution is 0.208. The molecule has 32 heavy (non-hydrogen) atoms. The molecule has 0 saturated carbocycles. The second-order valence-corrected chi connectivity index (χ2v) is 8.65. The van der Waals surface area contributed by atoms with Gasteiger partial charge < -0.3 is 25.0 Å². The minimum atomic E-state index is -0.845. The van der Waals surface area contributed by atoms with E-state index < -0.39 is 6.23 Å². The summed E-state index contributed by atoms with van der Waals surface area (Å²) in [4.78, 5) is 8.82. The Bertz CT molecular complexity index is 1140. The first-order valence-corrected chi connectivity index (χ1v) is 10.9. The number of fused-ring (bicyclic) bond motifs is 2. The first kappa shape index (κ1) is 20.5. The maximum Gasteiger partial charge on any atom is 0.153 e. The normalized spacial score (nSPS) is 18.2. The first-order valence-electron chi connectivity index (χ1n) is 10.9. The van der Waals surface area contributed by atoms with Gasteiger partial charge in [-0.2, -0.15) is 0 Å². The van der Waals surface area contributed by atoms with E-state index in [0.717, 1.165) is 46.8 Å². The average molecular weight is 429 g/mol. The van der Waals surface area contributed by atoms with Crippen LogP contribution in [0.4, 0.5) is 11.4 Å². The van der Waals surface area contributed by atoms with E-state index in [0.29, 0.717) is 11.8 Å². The predicted octanol–water partition coefficient (Wildman–Crippen LogP) is 4.49. The summed E-state index contributed by atoms with van der Waals surface area (Å²) in [6.07, 6.45) is 3.76. The number of anilines is 2. The number of pyridine rings is 1. The van der Waals surface area contributed by atoms with Crippen molar-refractivity contribution in [1.29, 1.82) is 0 Å². The van der Waals surface area contributed by atoms with Crippen LogP contribution in [0.3, 0.4) is 0 Å². The van der Waals surface area contributed by atoms with Gasteiger partial charge in [0.25, 0.3) is 0 Å². The summed E-state index contributed by atoms with van der Waals surface area (Å²) in [6, 6.07) is 16.4. The fraction of sp³-hybridized carbons (Fsp3) is 0.269. The van der Waals surface area contributed by atoms with Crippen molar-refractivity contribution in [3.63, 3.8) is 0 Å². The number of nitrogens with zero attached hydrogens (tertiary/aromatic N) is 3. The molecule has 2 aromatic carbocycles. The number of ether oxygens (including phenoxy) is 1. The summed E-state index contributed by atoms with van der Waals surface area (Å²) in [6.45, 7) is 6.34. The van der Waals surface area contributed by atoms with Crippen molar-refractivity contribution in [2.75, 3.05) is 37.4 Å². The van der Waals surface area contributed by atoms with Gasteiger partial charge in [-0.05, 0) is 68.6 Å². The number of nitrogens with one attached hydrogen (secondary N) is 1. The molecule has 6 nitrogen and oxygen atoms in total. The number of rotatable bonds is 5. The molecule has 0 radical (unpaired) electrons. The number of aliphatic hydroxyl groups excluding tert-OH is 1. The van der Waals surface area contributed by atoms with Crippen LogP contribution in [0, 0.1) is 0 Å². The van der Waals surface area contributed by atoms with E-state index in [-0.39, 0.29) is 0 Å². The van der Waals surface area contributed by atoms with Crippen molar-refractivity contribution in [2.24, 2.45) is 0 Å². The zero-order chi connectivity index (χ0) is 22.2. The van der Waals surface area contributed by atoms with Crippen LogP contribution in [0.15, 0.2) is 67.5 Å². The van der Waals surface area contributed by atoms with Gasteiger partial charge in [-0.1, -0.05) is 12.6 Å². The van der Waals surface area contributed by atoms with E-state index in [1.165, 1.54) is 12.1 Å². The third-order valence-corrected chi connectivity index (χ3v) is 6.40. The van der Waals surface area contributed by atoms with Crippen molar-refractivity contribution in [2.45, 2.75) is 18.7 Å². The van der Waals surface area contributed by atoms with E-state index in [2.05, 4.69) is 52.9 Å². The molecule has 164 valence electrons. The molecule has 5 rings (SSSR count). The fourth-order valence-corrected chi connectivity index (χ4v) is 4.42. The van der Waals surface area contributed by atoms with Crippen LogP contribution in [0.1, 0.15) is 29.3 Å². The summed E-state index contributed by atoms with van der Waals surface area (Å²) < 4.78 is 5.95.